The van der Waals surface area contributed by atoms with Gasteiger partial charge in [0, 0.05) is 17.9 Å². The molecule has 2 aromatic heterocycles. The van der Waals surface area contributed by atoms with Gasteiger partial charge in [-0.3, -0.25) is 0 Å². The van der Waals surface area contributed by atoms with Crippen molar-refractivity contribution in [3.63, 3.8) is 0 Å². The molecule has 1 saturated carbocycles. The van der Waals surface area contributed by atoms with Gasteiger partial charge >= 0.3 is 0 Å². The Hall–Kier alpha value is -1.98. The lowest BCUT2D eigenvalue weighted by atomic mass is 10.2. The molecule has 0 aromatic carbocycles. The predicted molar refractivity (Wildman–Crippen MR) is 76.3 cm³/mol. The monoisotopic (exact) mass is 272 g/mol. The van der Waals surface area contributed by atoms with Gasteiger partial charge in [-0.25, -0.2) is 9.97 Å². The number of nitrogens with zero attached hydrogens (tertiary/aromatic N) is 5. The second-order valence-electron chi connectivity index (χ2n) is 5.42. The van der Waals surface area contributed by atoms with Gasteiger partial charge in [0.25, 0.3) is 0 Å². The molecule has 6 nitrogen and oxygen atoms in total. The molecule has 0 spiro atoms. The first kappa shape index (κ1) is 13.0. The van der Waals surface area contributed by atoms with E-state index in [1.54, 1.807) is 6.20 Å². The molecule has 20 heavy (non-hydrogen) atoms. The average Bonchev–Trinajstić information content (AvgIpc) is 3.09. The van der Waals surface area contributed by atoms with Crippen LogP contribution in [0.2, 0.25) is 0 Å². The number of hydrogen-bond donors (Lipinski definition) is 1. The predicted octanol–water partition coefficient (Wildman–Crippen LogP) is 2.66. The lowest BCUT2D eigenvalue weighted by Crippen LogP contribution is -2.17. The summed E-state index contributed by atoms with van der Waals surface area (Å²) >= 11 is 0. The number of nitrogens with one attached hydrogen (secondary N) is 1. The van der Waals surface area contributed by atoms with Gasteiger partial charge in [-0.2, -0.15) is 0 Å². The van der Waals surface area contributed by atoms with Crippen molar-refractivity contribution in [3.8, 4) is 0 Å². The zero-order chi connectivity index (χ0) is 13.9. The molecule has 0 radical (unpaired) electrons. The van der Waals surface area contributed by atoms with Crippen molar-refractivity contribution in [2.24, 2.45) is 0 Å². The summed E-state index contributed by atoms with van der Waals surface area (Å²) in [6.07, 6.45) is 8.65. The van der Waals surface area contributed by atoms with Crippen molar-refractivity contribution < 1.29 is 0 Å². The van der Waals surface area contributed by atoms with E-state index >= 15 is 0 Å². The molecule has 2 aromatic rings. The number of aryl methyl sites for hydroxylation is 1. The van der Waals surface area contributed by atoms with E-state index in [2.05, 4.69) is 37.0 Å². The van der Waals surface area contributed by atoms with Crippen molar-refractivity contribution in [1.29, 1.82) is 0 Å². The van der Waals surface area contributed by atoms with Crippen molar-refractivity contribution in [2.75, 3.05) is 5.32 Å². The second kappa shape index (κ2) is 5.56. The van der Waals surface area contributed by atoms with E-state index in [-0.39, 0.29) is 6.04 Å². The second-order valence-corrected chi connectivity index (χ2v) is 5.42. The van der Waals surface area contributed by atoms with E-state index in [4.69, 9.17) is 0 Å². The van der Waals surface area contributed by atoms with Crippen molar-refractivity contribution in [2.45, 2.75) is 51.6 Å². The fourth-order valence-electron chi connectivity index (χ4n) is 2.80. The normalized spacial score (nSPS) is 17.3. The van der Waals surface area contributed by atoms with Gasteiger partial charge in [-0.1, -0.05) is 12.8 Å². The first-order valence-electron chi connectivity index (χ1n) is 7.19. The van der Waals surface area contributed by atoms with Crippen LogP contribution in [0, 0.1) is 6.92 Å². The van der Waals surface area contributed by atoms with Gasteiger partial charge in [0.2, 0.25) is 5.95 Å². The van der Waals surface area contributed by atoms with Crippen LogP contribution in [0.5, 0.6) is 0 Å². The maximum Gasteiger partial charge on any atom is 0.223 e. The molecular formula is C14H20N6. The molecule has 0 amide bonds. The maximum absolute atomic E-state index is 4.37. The largest absolute Gasteiger partial charge is 0.344 e. The van der Waals surface area contributed by atoms with Crippen LogP contribution in [-0.2, 0) is 0 Å². The number of anilines is 1. The minimum absolute atomic E-state index is 0.0416. The van der Waals surface area contributed by atoms with E-state index in [0.717, 1.165) is 11.5 Å². The Morgan fingerprint density at radius 1 is 1.35 bits per heavy atom. The molecule has 106 valence electrons. The molecule has 0 saturated heterocycles. The summed E-state index contributed by atoms with van der Waals surface area (Å²) in [6, 6.07) is 2.47. The molecule has 1 aliphatic carbocycles. The molecule has 1 aliphatic rings. The fraction of sp³-hybridized carbons (Fsp3) is 0.571. The molecule has 6 heteroatoms. The molecule has 1 N–H and O–H groups in total. The first-order valence-corrected chi connectivity index (χ1v) is 7.19. The van der Waals surface area contributed by atoms with Gasteiger partial charge < -0.3 is 9.88 Å². The Kier molecular flexibility index (Phi) is 3.62. The van der Waals surface area contributed by atoms with Gasteiger partial charge in [0.1, 0.15) is 6.33 Å². The van der Waals surface area contributed by atoms with Crippen molar-refractivity contribution in [1.82, 2.24) is 24.7 Å². The smallest absolute Gasteiger partial charge is 0.223 e. The van der Waals surface area contributed by atoms with Gasteiger partial charge in [-0.15, -0.1) is 10.2 Å². The molecule has 1 atom stereocenters. The zero-order valence-electron chi connectivity index (χ0n) is 12.0. The highest BCUT2D eigenvalue weighted by Crippen LogP contribution is 2.31. The van der Waals surface area contributed by atoms with Crippen molar-refractivity contribution >= 4 is 5.95 Å². The van der Waals surface area contributed by atoms with Crippen LogP contribution < -0.4 is 5.32 Å². The van der Waals surface area contributed by atoms with E-state index < -0.39 is 0 Å². The van der Waals surface area contributed by atoms with E-state index in [1.165, 1.54) is 25.7 Å². The maximum atomic E-state index is 4.37. The summed E-state index contributed by atoms with van der Waals surface area (Å²) in [6.45, 7) is 4.03. The third-order valence-corrected chi connectivity index (χ3v) is 3.85. The van der Waals surface area contributed by atoms with E-state index in [9.17, 15) is 0 Å². The van der Waals surface area contributed by atoms with E-state index in [1.807, 2.05) is 19.3 Å². The zero-order valence-corrected chi connectivity index (χ0v) is 12.0. The van der Waals surface area contributed by atoms with Crippen LogP contribution in [-0.4, -0.2) is 24.7 Å². The van der Waals surface area contributed by atoms with E-state index in [0.29, 0.717) is 12.0 Å². The lowest BCUT2D eigenvalue weighted by Gasteiger charge is -2.18. The lowest BCUT2D eigenvalue weighted by molar-refractivity contribution is 0.487. The molecule has 0 aliphatic heterocycles. The van der Waals surface area contributed by atoms with Gasteiger partial charge in [0.05, 0.1) is 6.04 Å². The fourth-order valence-corrected chi connectivity index (χ4v) is 2.80. The minimum Gasteiger partial charge on any atom is -0.344 e. The third kappa shape index (κ3) is 2.64. The number of aromatic nitrogens is 5. The Morgan fingerprint density at radius 2 is 2.15 bits per heavy atom. The van der Waals surface area contributed by atoms with Crippen LogP contribution in [0.1, 0.15) is 56.2 Å². The summed E-state index contributed by atoms with van der Waals surface area (Å²) in [5.41, 5.74) is 0.951. The molecule has 1 fully saturated rings. The van der Waals surface area contributed by atoms with Crippen LogP contribution in [0.3, 0.4) is 0 Å². The Labute approximate surface area is 118 Å². The summed E-state index contributed by atoms with van der Waals surface area (Å²) < 4.78 is 2.21. The van der Waals surface area contributed by atoms with Crippen LogP contribution in [0.15, 0.2) is 18.6 Å². The highest BCUT2D eigenvalue weighted by molar-refractivity contribution is 5.27. The number of rotatable bonds is 4. The Morgan fingerprint density at radius 3 is 2.90 bits per heavy atom. The third-order valence-electron chi connectivity index (χ3n) is 3.85. The number of hydrogen-bond acceptors (Lipinski definition) is 5. The van der Waals surface area contributed by atoms with Gasteiger partial charge in [0.15, 0.2) is 5.82 Å². The molecule has 2 heterocycles. The average molecular weight is 272 g/mol. The molecular weight excluding hydrogens is 252 g/mol. The van der Waals surface area contributed by atoms with Gasteiger partial charge in [-0.05, 0) is 32.8 Å². The first-order chi connectivity index (χ1) is 9.74. The Balaban J connectivity index is 1.77. The van der Waals surface area contributed by atoms with Crippen LogP contribution in [0.4, 0.5) is 5.95 Å². The van der Waals surface area contributed by atoms with Crippen molar-refractivity contribution in [3.05, 3.63) is 30.1 Å². The highest BCUT2D eigenvalue weighted by Gasteiger charge is 2.22. The van der Waals surface area contributed by atoms with Crippen LogP contribution in [0.25, 0.3) is 0 Å². The summed E-state index contributed by atoms with van der Waals surface area (Å²) in [4.78, 5) is 8.61. The Bertz CT molecular complexity index is 573. The summed E-state index contributed by atoms with van der Waals surface area (Å²) in [5.74, 6) is 1.60. The summed E-state index contributed by atoms with van der Waals surface area (Å²) in [7, 11) is 0. The quantitative estimate of drug-likeness (QED) is 0.926. The van der Waals surface area contributed by atoms with Crippen LogP contribution >= 0.6 is 0 Å². The minimum atomic E-state index is 0.0416. The summed E-state index contributed by atoms with van der Waals surface area (Å²) in [5, 5.41) is 11.7. The topological polar surface area (TPSA) is 68.5 Å². The molecule has 3 rings (SSSR count). The molecule has 0 bridgehead atoms. The standard InChI is InChI=1S/C14H20N6/c1-10-7-8-15-14(17-10)18-11(2)13-19-16-9-20(13)12-5-3-4-6-12/h7-9,11-12H,3-6H2,1-2H3,(H,15,17,18). The SMILES string of the molecule is Cc1ccnc(NC(C)c2nncn2C2CCCC2)n1. The highest BCUT2D eigenvalue weighted by atomic mass is 15.3. The molecule has 1 unspecified atom stereocenters.